The number of methoxy groups -OCH3 is 2. The Bertz CT molecular complexity index is 926. The second kappa shape index (κ2) is 8.03. The van der Waals surface area contributed by atoms with Gasteiger partial charge in [0.15, 0.2) is 0 Å². The molecule has 27 heavy (non-hydrogen) atoms. The van der Waals surface area contributed by atoms with Crippen LogP contribution in [0.3, 0.4) is 0 Å². The number of ether oxygens (including phenoxy) is 2. The van der Waals surface area contributed by atoms with Crippen LogP contribution in [-0.2, 0) is 0 Å². The number of aromatic nitrogens is 2. The van der Waals surface area contributed by atoms with E-state index in [-0.39, 0.29) is 5.82 Å². The molecule has 2 aromatic carbocycles. The molecule has 1 unspecified atom stereocenters. The van der Waals surface area contributed by atoms with Crippen molar-refractivity contribution in [3.63, 3.8) is 0 Å². The number of rotatable bonds is 6. The van der Waals surface area contributed by atoms with Gasteiger partial charge in [0.2, 0.25) is 5.95 Å². The summed E-state index contributed by atoms with van der Waals surface area (Å²) in [6.45, 7) is 3.81. The number of benzene rings is 2. The quantitative estimate of drug-likeness (QED) is 0.697. The van der Waals surface area contributed by atoms with Crippen LogP contribution in [0.25, 0.3) is 0 Å². The summed E-state index contributed by atoms with van der Waals surface area (Å²) in [6.07, 6.45) is 0. The van der Waals surface area contributed by atoms with Gasteiger partial charge in [-0.3, -0.25) is 0 Å². The van der Waals surface area contributed by atoms with Gasteiger partial charge < -0.3 is 14.8 Å². The van der Waals surface area contributed by atoms with Gasteiger partial charge in [-0.15, -0.1) is 0 Å². The minimum Gasteiger partial charge on any atom is -0.497 e. The Morgan fingerprint density at radius 1 is 0.926 bits per heavy atom. The van der Waals surface area contributed by atoms with Gasteiger partial charge in [0, 0.05) is 17.0 Å². The predicted octanol–water partition coefficient (Wildman–Crippen LogP) is 4.45. The zero-order chi connectivity index (χ0) is 19.4. The zero-order valence-corrected chi connectivity index (χ0v) is 15.8. The molecule has 3 aromatic rings. The Hall–Kier alpha value is -3.15. The molecule has 3 rings (SSSR count). The molecular formula is C21H22FN3O2. The van der Waals surface area contributed by atoms with Crippen molar-refractivity contribution >= 4 is 5.95 Å². The summed E-state index contributed by atoms with van der Waals surface area (Å²) in [5, 5.41) is 3.32. The second-order valence-corrected chi connectivity index (χ2v) is 6.21. The molecule has 5 nitrogen and oxygen atoms in total. The Balaban J connectivity index is 2.12. The monoisotopic (exact) mass is 367 g/mol. The molecule has 0 radical (unpaired) electrons. The van der Waals surface area contributed by atoms with E-state index in [4.69, 9.17) is 9.47 Å². The van der Waals surface area contributed by atoms with Crippen molar-refractivity contribution in [2.45, 2.75) is 19.9 Å². The van der Waals surface area contributed by atoms with E-state index >= 15 is 0 Å². The van der Waals surface area contributed by atoms with Crippen LogP contribution in [0.4, 0.5) is 10.3 Å². The van der Waals surface area contributed by atoms with Crippen LogP contribution in [0.5, 0.6) is 11.5 Å². The SMILES string of the molecule is COc1cccc(C(Nc2nc(C)cc(C)n2)c2cc(F)ccc2OC)c1. The number of nitrogens with one attached hydrogen (secondary N) is 1. The first-order valence-corrected chi connectivity index (χ1v) is 8.56. The molecule has 140 valence electrons. The lowest BCUT2D eigenvalue weighted by Gasteiger charge is -2.22. The first kappa shape index (κ1) is 18.6. The standard InChI is InChI=1S/C21H22FN3O2/c1-13-10-14(2)24-21(23-13)25-20(15-6-5-7-17(11-15)26-3)18-12-16(22)8-9-19(18)27-4/h5-12,20H,1-4H3,(H,23,24,25). The minimum absolute atomic E-state index is 0.346. The van der Waals surface area contributed by atoms with Gasteiger partial charge in [-0.2, -0.15) is 0 Å². The van der Waals surface area contributed by atoms with Gasteiger partial charge in [-0.1, -0.05) is 12.1 Å². The van der Waals surface area contributed by atoms with E-state index in [0.29, 0.717) is 23.0 Å². The van der Waals surface area contributed by atoms with Crippen molar-refractivity contribution in [2.24, 2.45) is 0 Å². The summed E-state index contributed by atoms with van der Waals surface area (Å²) in [5.41, 5.74) is 3.22. The number of nitrogens with zero attached hydrogens (tertiary/aromatic N) is 2. The van der Waals surface area contributed by atoms with Crippen molar-refractivity contribution < 1.29 is 13.9 Å². The highest BCUT2D eigenvalue weighted by atomic mass is 19.1. The molecule has 0 aliphatic heterocycles. The van der Waals surface area contributed by atoms with Gasteiger partial charge in [-0.05, 0) is 55.8 Å². The maximum absolute atomic E-state index is 14.0. The van der Waals surface area contributed by atoms with Crippen LogP contribution in [-0.4, -0.2) is 24.2 Å². The fourth-order valence-electron chi connectivity index (χ4n) is 3.01. The number of hydrogen-bond acceptors (Lipinski definition) is 5. The lowest BCUT2D eigenvalue weighted by Crippen LogP contribution is -2.16. The summed E-state index contributed by atoms with van der Waals surface area (Å²) in [4.78, 5) is 8.91. The van der Waals surface area contributed by atoms with Gasteiger partial charge in [0.05, 0.1) is 20.3 Å². The van der Waals surface area contributed by atoms with E-state index in [1.807, 2.05) is 44.2 Å². The Morgan fingerprint density at radius 3 is 2.33 bits per heavy atom. The van der Waals surface area contributed by atoms with Crippen LogP contribution >= 0.6 is 0 Å². The maximum Gasteiger partial charge on any atom is 0.223 e. The van der Waals surface area contributed by atoms with Crippen LogP contribution in [0, 0.1) is 19.7 Å². The van der Waals surface area contributed by atoms with Crippen LogP contribution in [0.15, 0.2) is 48.5 Å². The second-order valence-electron chi connectivity index (χ2n) is 6.21. The third kappa shape index (κ3) is 4.34. The molecular weight excluding hydrogens is 345 g/mol. The fraction of sp³-hybridized carbons (Fsp3) is 0.238. The molecule has 6 heteroatoms. The lowest BCUT2D eigenvalue weighted by molar-refractivity contribution is 0.406. The average Bonchev–Trinajstić information content (AvgIpc) is 2.65. The number of halogens is 1. The zero-order valence-electron chi connectivity index (χ0n) is 15.8. The highest BCUT2D eigenvalue weighted by molar-refractivity contribution is 5.49. The smallest absolute Gasteiger partial charge is 0.223 e. The summed E-state index contributed by atoms with van der Waals surface area (Å²) >= 11 is 0. The van der Waals surface area contributed by atoms with Crippen LogP contribution < -0.4 is 14.8 Å². The van der Waals surface area contributed by atoms with E-state index in [9.17, 15) is 4.39 Å². The Kier molecular flexibility index (Phi) is 5.54. The summed E-state index contributed by atoms with van der Waals surface area (Å²) in [6, 6.07) is 13.5. The Morgan fingerprint density at radius 2 is 1.67 bits per heavy atom. The molecule has 0 bridgehead atoms. The predicted molar refractivity (Wildman–Crippen MR) is 103 cm³/mol. The molecule has 0 aliphatic carbocycles. The first-order chi connectivity index (χ1) is 13.0. The van der Waals surface area contributed by atoms with Crippen molar-refractivity contribution in [1.29, 1.82) is 0 Å². The van der Waals surface area contributed by atoms with Crippen molar-refractivity contribution in [3.8, 4) is 11.5 Å². The van der Waals surface area contributed by atoms with Crippen LogP contribution in [0.2, 0.25) is 0 Å². The van der Waals surface area contributed by atoms with E-state index in [0.717, 1.165) is 17.0 Å². The van der Waals surface area contributed by atoms with Gasteiger partial charge in [0.1, 0.15) is 17.3 Å². The molecule has 0 saturated heterocycles. The fourth-order valence-corrected chi connectivity index (χ4v) is 3.01. The van der Waals surface area contributed by atoms with Gasteiger partial charge in [-0.25, -0.2) is 14.4 Å². The molecule has 0 fully saturated rings. The lowest BCUT2D eigenvalue weighted by atomic mass is 9.97. The highest BCUT2D eigenvalue weighted by Gasteiger charge is 2.21. The van der Waals surface area contributed by atoms with Gasteiger partial charge in [0.25, 0.3) is 0 Å². The first-order valence-electron chi connectivity index (χ1n) is 8.56. The molecule has 0 amide bonds. The van der Waals surface area contributed by atoms with Crippen molar-refractivity contribution in [3.05, 3.63) is 76.9 Å². The number of hydrogen-bond donors (Lipinski definition) is 1. The molecule has 1 atom stereocenters. The molecule has 0 saturated carbocycles. The Labute approximate surface area is 158 Å². The van der Waals surface area contributed by atoms with Crippen molar-refractivity contribution in [1.82, 2.24) is 9.97 Å². The molecule has 0 aliphatic rings. The van der Waals surface area contributed by atoms with E-state index in [1.165, 1.54) is 12.1 Å². The topological polar surface area (TPSA) is 56.3 Å². The highest BCUT2D eigenvalue weighted by Crippen LogP contribution is 2.34. The third-order valence-electron chi connectivity index (χ3n) is 4.19. The maximum atomic E-state index is 14.0. The summed E-state index contributed by atoms with van der Waals surface area (Å²) in [5.74, 6) is 1.39. The molecule has 0 spiro atoms. The summed E-state index contributed by atoms with van der Waals surface area (Å²) in [7, 11) is 3.17. The average molecular weight is 367 g/mol. The van der Waals surface area contributed by atoms with E-state index in [2.05, 4.69) is 15.3 Å². The van der Waals surface area contributed by atoms with Gasteiger partial charge >= 0.3 is 0 Å². The van der Waals surface area contributed by atoms with E-state index in [1.54, 1.807) is 20.3 Å². The summed E-state index contributed by atoms with van der Waals surface area (Å²) < 4.78 is 24.8. The molecule has 1 N–H and O–H groups in total. The van der Waals surface area contributed by atoms with Crippen LogP contribution in [0.1, 0.15) is 28.6 Å². The third-order valence-corrected chi connectivity index (χ3v) is 4.19. The number of aryl methyl sites for hydroxylation is 2. The van der Waals surface area contributed by atoms with E-state index < -0.39 is 6.04 Å². The largest absolute Gasteiger partial charge is 0.497 e. The molecule has 1 aromatic heterocycles. The number of anilines is 1. The van der Waals surface area contributed by atoms with Crippen molar-refractivity contribution in [2.75, 3.05) is 19.5 Å². The molecule has 1 heterocycles. The minimum atomic E-state index is -0.424. The normalized spacial score (nSPS) is 11.7.